The zero-order valence-corrected chi connectivity index (χ0v) is 20.1. The van der Waals surface area contributed by atoms with Gasteiger partial charge in [0.05, 0.1) is 5.69 Å². The number of ether oxygens (including phenoxy) is 1. The average molecular weight is 474 g/mol. The quantitative estimate of drug-likeness (QED) is 0.556. The molecule has 2 saturated heterocycles. The van der Waals surface area contributed by atoms with E-state index in [1.54, 1.807) is 24.3 Å². The van der Waals surface area contributed by atoms with E-state index in [0.717, 1.165) is 68.7 Å². The number of hydrogen-bond donors (Lipinski definition) is 1. The summed E-state index contributed by atoms with van der Waals surface area (Å²) in [5.74, 6) is 2.51. The third-order valence-electron chi connectivity index (χ3n) is 6.55. The molecule has 0 aliphatic carbocycles. The average Bonchev–Trinajstić information content (AvgIpc) is 3.40. The SMILES string of the molecule is Cc1cc(Oc2ccc(C(N)=O)cc2)nc(C2CCCN(Cc3ccnc(N4CCCC4)n3)C2)n1. The first-order valence-corrected chi connectivity index (χ1v) is 12.3. The smallest absolute Gasteiger partial charge is 0.248 e. The maximum absolute atomic E-state index is 11.3. The molecular formula is C26H31N7O2. The summed E-state index contributed by atoms with van der Waals surface area (Å²) in [6.07, 6.45) is 6.41. The Morgan fingerprint density at radius 3 is 2.63 bits per heavy atom. The van der Waals surface area contributed by atoms with E-state index in [4.69, 9.17) is 25.4 Å². The molecule has 5 rings (SSSR count). The van der Waals surface area contributed by atoms with Crippen LogP contribution >= 0.6 is 0 Å². The summed E-state index contributed by atoms with van der Waals surface area (Å²) < 4.78 is 5.97. The van der Waals surface area contributed by atoms with Gasteiger partial charge in [0.15, 0.2) is 0 Å². The summed E-state index contributed by atoms with van der Waals surface area (Å²) in [4.78, 5) is 34.8. The van der Waals surface area contributed by atoms with Crippen LogP contribution in [0.3, 0.4) is 0 Å². The topological polar surface area (TPSA) is 110 Å². The van der Waals surface area contributed by atoms with E-state index in [-0.39, 0.29) is 5.92 Å². The van der Waals surface area contributed by atoms with Gasteiger partial charge in [-0.15, -0.1) is 0 Å². The fraction of sp³-hybridized carbons (Fsp3) is 0.423. The molecule has 9 heteroatoms. The van der Waals surface area contributed by atoms with Crippen molar-refractivity contribution in [1.29, 1.82) is 0 Å². The van der Waals surface area contributed by atoms with Gasteiger partial charge in [0.1, 0.15) is 11.6 Å². The van der Waals surface area contributed by atoms with Gasteiger partial charge in [0.2, 0.25) is 17.7 Å². The first-order valence-electron chi connectivity index (χ1n) is 12.3. The summed E-state index contributed by atoms with van der Waals surface area (Å²) in [5, 5.41) is 0. The van der Waals surface area contributed by atoms with Crippen LogP contribution in [0.15, 0.2) is 42.6 Å². The van der Waals surface area contributed by atoms with Gasteiger partial charge in [-0.1, -0.05) is 0 Å². The van der Waals surface area contributed by atoms with Crippen LogP contribution in [0.4, 0.5) is 5.95 Å². The normalized spacial score (nSPS) is 18.5. The lowest BCUT2D eigenvalue weighted by molar-refractivity contribution is 0.100. The molecule has 4 heterocycles. The molecule has 0 bridgehead atoms. The monoisotopic (exact) mass is 473 g/mol. The molecule has 1 amide bonds. The third kappa shape index (κ3) is 5.74. The molecule has 9 nitrogen and oxygen atoms in total. The number of hydrogen-bond acceptors (Lipinski definition) is 8. The predicted molar refractivity (Wildman–Crippen MR) is 133 cm³/mol. The first-order chi connectivity index (χ1) is 17.0. The van der Waals surface area contributed by atoms with Crippen LogP contribution in [0.5, 0.6) is 11.6 Å². The predicted octanol–water partition coefficient (Wildman–Crippen LogP) is 3.45. The molecule has 182 valence electrons. The molecule has 0 spiro atoms. The minimum atomic E-state index is -0.465. The van der Waals surface area contributed by atoms with Crippen LogP contribution < -0.4 is 15.4 Å². The number of piperidine rings is 1. The molecule has 0 radical (unpaired) electrons. The number of benzene rings is 1. The Morgan fingerprint density at radius 2 is 1.86 bits per heavy atom. The second-order valence-corrected chi connectivity index (χ2v) is 9.31. The van der Waals surface area contributed by atoms with E-state index >= 15 is 0 Å². The van der Waals surface area contributed by atoms with Crippen LogP contribution in [-0.2, 0) is 6.54 Å². The van der Waals surface area contributed by atoms with Gasteiger partial charge in [-0.05, 0) is 69.5 Å². The fourth-order valence-corrected chi connectivity index (χ4v) is 4.79. The molecule has 2 fully saturated rings. The van der Waals surface area contributed by atoms with Gasteiger partial charge in [-0.3, -0.25) is 9.69 Å². The second-order valence-electron chi connectivity index (χ2n) is 9.31. The Labute approximate surface area is 205 Å². The Bertz CT molecular complexity index is 1180. The standard InChI is InChI=1S/C26H31N7O2/c1-18-15-23(35-22-8-6-19(7-9-22)24(27)34)31-25(29-18)20-5-4-12-32(16-20)17-21-10-11-28-26(30-21)33-13-2-3-14-33/h6-11,15,20H,2-5,12-14,16-17H2,1H3,(H2,27,34). The summed E-state index contributed by atoms with van der Waals surface area (Å²) >= 11 is 0. The fourth-order valence-electron chi connectivity index (χ4n) is 4.79. The van der Waals surface area contributed by atoms with Gasteiger partial charge in [-0.2, -0.15) is 4.98 Å². The van der Waals surface area contributed by atoms with Gasteiger partial charge in [0, 0.05) is 55.6 Å². The lowest BCUT2D eigenvalue weighted by atomic mass is 9.97. The second kappa shape index (κ2) is 10.4. The minimum absolute atomic E-state index is 0.225. The van der Waals surface area contributed by atoms with E-state index < -0.39 is 5.91 Å². The number of aryl methyl sites for hydroxylation is 1. The number of aromatic nitrogens is 4. The van der Waals surface area contributed by atoms with Crippen molar-refractivity contribution in [2.45, 2.75) is 45.1 Å². The van der Waals surface area contributed by atoms with Gasteiger partial charge in [0.25, 0.3) is 0 Å². The van der Waals surface area contributed by atoms with Crippen LogP contribution in [-0.4, -0.2) is 56.9 Å². The molecular weight excluding hydrogens is 442 g/mol. The van der Waals surface area contributed by atoms with Crippen LogP contribution in [0.2, 0.25) is 0 Å². The highest BCUT2D eigenvalue weighted by atomic mass is 16.5. The maximum Gasteiger partial charge on any atom is 0.248 e. The summed E-state index contributed by atoms with van der Waals surface area (Å²) in [6.45, 7) is 6.73. The van der Waals surface area contributed by atoms with E-state index in [0.29, 0.717) is 17.2 Å². The van der Waals surface area contributed by atoms with E-state index in [9.17, 15) is 4.79 Å². The maximum atomic E-state index is 11.3. The molecule has 0 saturated carbocycles. The number of anilines is 1. The Hall–Kier alpha value is -3.59. The van der Waals surface area contributed by atoms with E-state index in [1.165, 1.54) is 12.8 Å². The molecule has 2 aromatic heterocycles. The van der Waals surface area contributed by atoms with Crippen molar-refractivity contribution in [3.8, 4) is 11.6 Å². The van der Waals surface area contributed by atoms with E-state index in [2.05, 4.69) is 14.8 Å². The van der Waals surface area contributed by atoms with Gasteiger partial charge >= 0.3 is 0 Å². The highest BCUT2D eigenvalue weighted by molar-refractivity contribution is 5.92. The Kier molecular flexibility index (Phi) is 6.85. The van der Waals surface area contributed by atoms with Crippen molar-refractivity contribution in [2.24, 2.45) is 5.73 Å². The van der Waals surface area contributed by atoms with Crippen molar-refractivity contribution in [3.05, 3.63) is 65.4 Å². The summed E-state index contributed by atoms with van der Waals surface area (Å²) in [7, 11) is 0. The van der Waals surface area contributed by atoms with Crippen molar-refractivity contribution in [2.75, 3.05) is 31.1 Å². The number of carbonyl (C=O) groups excluding carboxylic acids is 1. The van der Waals surface area contributed by atoms with Crippen molar-refractivity contribution < 1.29 is 9.53 Å². The molecule has 2 aliphatic rings. The minimum Gasteiger partial charge on any atom is -0.439 e. The third-order valence-corrected chi connectivity index (χ3v) is 6.55. The molecule has 1 atom stereocenters. The number of carbonyl (C=O) groups is 1. The summed E-state index contributed by atoms with van der Waals surface area (Å²) in [6, 6.07) is 10.6. The lowest BCUT2D eigenvalue weighted by Crippen LogP contribution is -2.35. The summed E-state index contributed by atoms with van der Waals surface area (Å²) in [5.41, 5.74) is 7.68. The number of nitrogens with two attached hydrogens (primary N) is 1. The first kappa shape index (κ1) is 23.2. The van der Waals surface area contributed by atoms with Gasteiger partial charge < -0.3 is 15.4 Å². The van der Waals surface area contributed by atoms with Crippen molar-refractivity contribution in [3.63, 3.8) is 0 Å². The number of likely N-dealkylation sites (tertiary alicyclic amines) is 1. The highest BCUT2D eigenvalue weighted by Gasteiger charge is 2.25. The number of amides is 1. The molecule has 2 N–H and O–H groups in total. The molecule has 2 aliphatic heterocycles. The Morgan fingerprint density at radius 1 is 1.06 bits per heavy atom. The molecule has 3 aromatic rings. The zero-order valence-electron chi connectivity index (χ0n) is 20.1. The van der Waals surface area contributed by atoms with Crippen molar-refractivity contribution in [1.82, 2.24) is 24.8 Å². The molecule has 1 unspecified atom stereocenters. The number of nitrogens with zero attached hydrogens (tertiary/aromatic N) is 6. The Balaban J connectivity index is 1.26. The van der Waals surface area contributed by atoms with Crippen LogP contribution in [0.1, 0.15) is 59.2 Å². The molecule has 1 aromatic carbocycles. The number of primary amides is 1. The largest absolute Gasteiger partial charge is 0.439 e. The van der Waals surface area contributed by atoms with Crippen LogP contribution in [0.25, 0.3) is 0 Å². The number of rotatable bonds is 7. The lowest BCUT2D eigenvalue weighted by Gasteiger charge is -2.32. The van der Waals surface area contributed by atoms with Gasteiger partial charge in [-0.25, -0.2) is 15.0 Å². The van der Waals surface area contributed by atoms with Crippen molar-refractivity contribution >= 4 is 11.9 Å². The van der Waals surface area contributed by atoms with Crippen LogP contribution in [0, 0.1) is 6.92 Å². The zero-order chi connectivity index (χ0) is 24.2. The highest BCUT2D eigenvalue weighted by Crippen LogP contribution is 2.28. The molecule has 35 heavy (non-hydrogen) atoms. The van der Waals surface area contributed by atoms with E-state index in [1.807, 2.05) is 25.3 Å².